The number of aromatic amines is 1. The van der Waals surface area contributed by atoms with Gasteiger partial charge in [-0.1, -0.05) is 6.92 Å². The van der Waals surface area contributed by atoms with Crippen LogP contribution in [0.15, 0.2) is 15.8 Å². The van der Waals surface area contributed by atoms with E-state index in [4.69, 9.17) is 20.4 Å². The normalized spacial score (nSPS) is 25.3. The lowest BCUT2D eigenvalue weighted by atomic mass is 9.96. The van der Waals surface area contributed by atoms with Crippen LogP contribution in [0, 0.1) is 20.4 Å². The van der Waals surface area contributed by atoms with E-state index in [2.05, 4.69) is 52.3 Å². The SMILES string of the molecule is [C-]#[N+]CCOP(O[C@H]1[C@@H]2[C@H](n3cc(C)c(=O)[nH]c3=O)O[C@@]1(CC)CN2c1nc(C)n(C)n1)N(C(C)C)C(C)C. The Labute approximate surface area is 229 Å². The zero-order chi connectivity index (χ0) is 28.6. The first-order chi connectivity index (χ1) is 18.4. The maximum atomic E-state index is 13.0. The number of H-pyrrole nitrogens is 1. The molecule has 0 aliphatic carbocycles. The maximum Gasteiger partial charge on any atom is 0.330 e. The second-order valence-corrected chi connectivity index (χ2v) is 12.1. The summed E-state index contributed by atoms with van der Waals surface area (Å²) >= 11 is 0. The number of ether oxygens (including phenoxy) is 1. The molecular weight excluding hydrogens is 523 g/mol. The van der Waals surface area contributed by atoms with Gasteiger partial charge in [0.15, 0.2) is 6.23 Å². The summed E-state index contributed by atoms with van der Waals surface area (Å²) < 4.78 is 25.2. The van der Waals surface area contributed by atoms with E-state index in [0.29, 0.717) is 24.5 Å². The summed E-state index contributed by atoms with van der Waals surface area (Å²) in [5.41, 5.74) is -1.38. The molecule has 0 amide bonds. The zero-order valence-corrected chi connectivity index (χ0v) is 24.8. The molecule has 1 unspecified atom stereocenters. The van der Waals surface area contributed by atoms with Gasteiger partial charge in [-0.05, 0) is 48.0 Å². The standard InChI is InChI=1S/C25H39N8O5P/c1-10-25-14-32(23-27-18(7)30(9)29-23)19(22(37-25)31-13-17(6)21(34)28-24(31)35)20(25)38-39(36-12-11-26-8)33(15(2)3)16(4)5/h13,15-16,19-20,22H,10-12,14H2,1-7,9H3,(H,28,34,35)/t19-,20+,22-,25+,39?/m1/s1. The van der Waals surface area contributed by atoms with Crippen LogP contribution in [0.2, 0.25) is 0 Å². The fourth-order valence-electron chi connectivity index (χ4n) is 5.39. The second kappa shape index (κ2) is 11.5. The minimum atomic E-state index is -1.58. The van der Waals surface area contributed by atoms with E-state index in [9.17, 15) is 9.59 Å². The minimum Gasteiger partial charge on any atom is -0.344 e. The summed E-state index contributed by atoms with van der Waals surface area (Å²) in [4.78, 5) is 37.7. The van der Waals surface area contributed by atoms with E-state index in [1.165, 1.54) is 10.8 Å². The number of anilines is 1. The summed E-state index contributed by atoms with van der Waals surface area (Å²) in [7, 11) is 0.254. The van der Waals surface area contributed by atoms with Crippen LogP contribution in [0.1, 0.15) is 58.7 Å². The van der Waals surface area contributed by atoms with Crippen LogP contribution in [-0.4, -0.2) is 78.5 Å². The number of hydrogen-bond donors (Lipinski definition) is 1. The van der Waals surface area contributed by atoms with Crippen molar-refractivity contribution in [3.8, 4) is 0 Å². The molecule has 4 rings (SSSR count). The molecule has 2 aromatic rings. The van der Waals surface area contributed by atoms with Gasteiger partial charge in [-0.25, -0.2) is 16.0 Å². The van der Waals surface area contributed by atoms with Gasteiger partial charge < -0.3 is 23.5 Å². The molecular formula is C25H39N8O5P. The Morgan fingerprint density at radius 3 is 2.56 bits per heavy atom. The molecule has 13 nitrogen and oxygen atoms in total. The first kappa shape index (κ1) is 29.4. The molecule has 2 fully saturated rings. The molecule has 2 aliphatic rings. The monoisotopic (exact) mass is 562 g/mol. The molecule has 0 spiro atoms. The van der Waals surface area contributed by atoms with Crippen molar-refractivity contribution >= 4 is 14.5 Å². The molecule has 14 heteroatoms. The van der Waals surface area contributed by atoms with Crippen LogP contribution < -0.4 is 16.1 Å². The third-order valence-electron chi connectivity index (χ3n) is 7.37. The fourth-order valence-corrected chi connectivity index (χ4v) is 7.19. The third-order valence-corrected chi connectivity index (χ3v) is 9.49. The predicted molar refractivity (Wildman–Crippen MR) is 147 cm³/mol. The Balaban J connectivity index is 1.81. The predicted octanol–water partition coefficient (Wildman–Crippen LogP) is 2.52. The van der Waals surface area contributed by atoms with E-state index >= 15 is 0 Å². The Kier molecular flexibility index (Phi) is 8.64. The van der Waals surface area contributed by atoms with Crippen molar-refractivity contribution < 1.29 is 13.8 Å². The largest absolute Gasteiger partial charge is 0.344 e. The fraction of sp³-hybridized carbons (Fsp3) is 0.720. The minimum absolute atomic E-state index is 0.123. The summed E-state index contributed by atoms with van der Waals surface area (Å²) in [5, 5.41) is 4.63. The van der Waals surface area contributed by atoms with E-state index in [-0.39, 0.29) is 25.2 Å². The van der Waals surface area contributed by atoms with Gasteiger partial charge >= 0.3 is 5.69 Å². The number of morpholine rings is 1. The quantitative estimate of drug-likeness (QED) is 0.250. The van der Waals surface area contributed by atoms with Gasteiger partial charge in [0, 0.05) is 30.9 Å². The van der Waals surface area contributed by atoms with Crippen molar-refractivity contribution in [2.24, 2.45) is 7.05 Å². The number of nitrogens with one attached hydrogen (secondary N) is 1. The average Bonchev–Trinajstić information content (AvgIpc) is 3.48. The summed E-state index contributed by atoms with van der Waals surface area (Å²) in [6.07, 6.45) is 0.863. The van der Waals surface area contributed by atoms with E-state index < -0.39 is 43.7 Å². The Bertz CT molecular complexity index is 1310. The second-order valence-electron chi connectivity index (χ2n) is 10.7. The lowest BCUT2D eigenvalue weighted by molar-refractivity contribution is -0.105. The highest BCUT2D eigenvalue weighted by Gasteiger charge is 2.66. The number of aromatic nitrogens is 5. The van der Waals surface area contributed by atoms with Gasteiger partial charge in [-0.15, -0.1) is 5.10 Å². The average molecular weight is 563 g/mol. The number of aryl methyl sites for hydroxylation is 3. The van der Waals surface area contributed by atoms with Crippen LogP contribution in [0.5, 0.6) is 0 Å². The molecule has 0 saturated carbocycles. The molecule has 39 heavy (non-hydrogen) atoms. The molecule has 0 radical (unpaired) electrons. The van der Waals surface area contributed by atoms with Crippen molar-refractivity contribution in [3.05, 3.63) is 49.8 Å². The highest BCUT2D eigenvalue weighted by Crippen LogP contribution is 2.57. The van der Waals surface area contributed by atoms with E-state index in [1.54, 1.807) is 11.6 Å². The summed E-state index contributed by atoms with van der Waals surface area (Å²) in [6, 6.07) is -0.235. The summed E-state index contributed by atoms with van der Waals surface area (Å²) in [5.74, 6) is 1.27. The smallest absolute Gasteiger partial charge is 0.330 e. The van der Waals surface area contributed by atoms with Crippen LogP contribution >= 0.6 is 8.53 Å². The molecule has 214 valence electrons. The lowest BCUT2D eigenvalue weighted by Crippen LogP contribution is -2.49. The molecule has 2 saturated heterocycles. The molecule has 2 aliphatic heterocycles. The van der Waals surface area contributed by atoms with Crippen molar-refractivity contribution in [1.29, 1.82) is 0 Å². The topological polar surface area (TPSA) is 124 Å². The van der Waals surface area contributed by atoms with Crippen LogP contribution in [0.25, 0.3) is 4.85 Å². The third kappa shape index (κ3) is 5.41. The van der Waals surface area contributed by atoms with Crippen molar-refractivity contribution in [2.45, 2.75) is 90.9 Å². The Morgan fingerprint density at radius 1 is 1.31 bits per heavy atom. The molecule has 1 N–H and O–H groups in total. The van der Waals surface area contributed by atoms with Gasteiger partial charge in [0.1, 0.15) is 30.2 Å². The summed E-state index contributed by atoms with van der Waals surface area (Å²) in [6.45, 7) is 22.0. The Morgan fingerprint density at radius 2 is 2.00 bits per heavy atom. The van der Waals surface area contributed by atoms with Crippen molar-refractivity contribution in [2.75, 3.05) is 24.6 Å². The van der Waals surface area contributed by atoms with E-state index in [1.807, 2.05) is 25.8 Å². The number of hydrogen-bond acceptors (Lipinski definition) is 9. The van der Waals surface area contributed by atoms with Crippen LogP contribution in [0.4, 0.5) is 5.95 Å². The highest BCUT2D eigenvalue weighted by atomic mass is 31.2. The first-order valence-corrected chi connectivity index (χ1v) is 14.4. The number of rotatable bonds is 11. The first-order valence-electron chi connectivity index (χ1n) is 13.3. The lowest BCUT2D eigenvalue weighted by Gasteiger charge is -2.38. The number of fused-ring (bicyclic) bond motifs is 2. The molecule has 0 aromatic carbocycles. The van der Waals surface area contributed by atoms with Crippen molar-refractivity contribution in [3.63, 3.8) is 0 Å². The molecule has 2 bridgehead atoms. The molecule has 2 aromatic heterocycles. The van der Waals surface area contributed by atoms with Gasteiger partial charge in [-0.3, -0.25) is 19.0 Å². The zero-order valence-electron chi connectivity index (χ0n) is 23.9. The maximum absolute atomic E-state index is 13.0. The highest BCUT2D eigenvalue weighted by molar-refractivity contribution is 7.44. The Hall–Kier alpha value is -2.62. The van der Waals surface area contributed by atoms with Crippen molar-refractivity contribution in [1.82, 2.24) is 29.0 Å². The number of nitrogens with zero attached hydrogens (tertiary/aromatic N) is 7. The van der Waals surface area contributed by atoms with E-state index in [0.717, 1.165) is 5.82 Å². The van der Waals surface area contributed by atoms with Crippen LogP contribution in [-0.2, 0) is 20.8 Å². The van der Waals surface area contributed by atoms with Gasteiger partial charge in [-0.2, -0.15) is 4.98 Å². The van der Waals surface area contributed by atoms with Gasteiger partial charge in [0.25, 0.3) is 14.1 Å². The molecule has 5 atom stereocenters. The van der Waals surface area contributed by atoms with Gasteiger partial charge in [0.2, 0.25) is 12.5 Å². The van der Waals surface area contributed by atoms with Crippen LogP contribution in [0.3, 0.4) is 0 Å². The molecule has 4 heterocycles. The van der Waals surface area contributed by atoms with Gasteiger partial charge in [0.05, 0.1) is 6.54 Å².